The highest BCUT2D eigenvalue weighted by atomic mass is 16.5. The van der Waals surface area contributed by atoms with Crippen LogP contribution in [0.25, 0.3) is 11.3 Å². The molecule has 0 aliphatic rings. The number of nitrogens with zero attached hydrogens (tertiary/aromatic N) is 3. The van der Waals surface area contributed by atoms with Crippen molar-refractivity contribution >= 4 is 11.7 Å². The van der Waals surface area contributed by atoms with E-state index in [1.54, 1.807) is 29.1 Å². The van der Waals surface area contributed by atoms with E-state index < -0.39 is 12.5 Å². The lowest BCUT2D eigenvalue weighted by atomic mass is 10.1. The average molecular weight is 428 g/mol. The molecule has 1 N–H and O–H groups in total. The molecule has 0 saturated carbocycles. The summed E-state index contributed by atoms with van der Waals surface area (Å²) in [4.78, 5) is 12.3. The zero-order chi connectivity index (χ0) is 24.0. The second-order valence-electron chi connectivity index (χ2n) is 7.67. The third-order valence-electron chi connectivity index (χ3n) is 4.78. The number of aryl methyl sites for hydroxylation is 1. The summed E-state index contributed by atoms with van der Waals surface area (Å²) in [6.07, 6.45) is 5.39. The summed E-state index contributed by atoms with van der Waals surface area (Å²) in [5, 5.41) is 13.1. The molecule has 0 radical (unpaired) electrons. The molecule has 0 saturated heterocycles. The molecule has 0 amide bonds. The Morgan fingerprint density at radius 3 is 2.68 bits per heavy atom. The van der Waals surface area contributed by atoms with Gasteiger partial charge in [-0.15, -0.1) is 5.10 Å². The summed E-state index contributed by atoms with van der Waals surface area (Å²) in [6, 6.07) is 11.2. The molecule has 0 bridgehead atoms. The van der Waals surface area contributed by atoms with Gasteiger partial charge in [0.15, 0.2) is 0 Å². The Balaban J connectivity index is 1.78. The van der Waals surface area contributed by atoms with Gasteiger partial charge in [-0.3, -0.25) is 9.48 Å². The minimum Gasteiger partial charge on any atom is -0.481 e. The van der Waals surface area contributed by atoms with Crippen LogP contribution in [0.2, 0.25) is 0 Å². The monoisotopic (exact) mass is 427 g/mol. The maximum Gasteiger partial charge on any atom is 0.303 e. The van der Waals surface area contributed by atoms with Gasteiger partial charge in [0.2, 0.25) is 5.88 Å². The van der Waals surface area contributed by atoms with Crippen LogP contribution in [0.15, 0.2) is 53.3 Å². The Labute approximate surface area is 186 Å². The first-order chi connectivity index (χ1) is 15.7. The molecule has 7 heteroatoms. The van der Waals surface area contributed by atoms with Crippen LogP contribution in [0.1, 0.15) is 47.8 Å². The second kappa shape index (κ2) is 10.7. The van der Waals surface area contributed by atoms with Crippen molar-refractivity contribution in [3.63, 3.8) is 0 Å². The number of benzene rings is 1. The zero-order valence-electron chi connectivity index (χ0n) is 20.2. The van der Waals surface area contributed by atoms with E-state index in [9.17, 15) is 4.79 Å². The van der Waals surface area contributed by atoms with Crippen molar-refractivity contribution in [3.8, 4) is 17.2 Å². The fraction of sp³-hybridized carbons (Fsp3) is 0.417. The minimum atomic E-state index is -1.88. The van der Waals surface area contributed by atoms with Gasteiger partial charge in [-0.2, -0.15) is 0 Å². The lowest BCUT2D eigenvalue weighted by Crippen LogP contribution is -2.30. The van der Waals surface area contributed by atoms with Crippen LogP contribution < -0.4 is 9.64 Å². The van der Waals surface area contributed by atoms with E-state index in [1.165, 1.54) is 0 Å². The lowest BCUT2D eigenvalue weighted by molar-refractivity contribution is -0.137. The largest absolute Gasteiger partial charge is 0.481 e. The van der Waals surface area contributed by atoms with Crippen molar-refractivity contribution in [3.05, 3.63) is 54.4 Å². The van der Waals surface area contributed by atoms with Gasteiger partial charge in [0, 0.05) is 37.0 Å². The van der Waals surface area contributed by atoms with Crippen LogP contribution in [0, 0.1) is 0 Å². The van der Waals surface area contributed by atoms with E-state index in [0.29, 0.717) is 25.0 Å². The molecule has 166 valence electrons. The Hall–Kier alpha value is -3.22. The summed E-state index contributed by atoms with van der Waals surface area (Å²) in [5.41, 5.74) is 1.99. The molecule has 0 aliphatic carbocycles. The first-order valence-corrected chi connectivity index (χ1v) is 10.5. The molecule has 0 fully saturated rings. The molecule has 1 aromatic carbocycles. The van der Waals surface area contributed by atoms with Crippen molar-refractivity contribution < 1.29 is 21.8 Å². The topological polar surface area (TPSA) is 80.7 Å². The van der Waals surface area contributed by atoms with Crippen LogP contribution in [-0.4, -0.2) is 33.5 Å². The predicted octanol–water partition coefficient (Wildman–Crippen LogP) is 5.12. The molecular formula is C24H31N3O4. The summed E-state index contributed by atoms with van der Waals surface area (Å²) < 4.78 is 30.8. The van der Waals surface area contributed by atoms with Crippen molar-refractivity contribution in [1.29, 1.82) is 0 Å². The van der Waals surface area contributed by atoms with Gasteiger partial charge in [-0.05, 0) is 69.5 Å². The van der Waals surface area contributed by atoms with Crippen molar-refractivity contribution in [2.45, 2.75) is 52.1 Å². The lowest BCUT2D eigenvalue weighted by Gasteiger charge is -2.29. The minimum absolute atomic E-state index is 0.138. The molecule has 31 heavy (non-hydrogen) atoms. The highest BCUT2D eigenvalue weighted by Crippen LogP contribution is 2.27. The summed E-state index contributed by atoms with van der Waals surface area (Å²) in [5.74, 6) is 0.202. The predicted molar refractivity (Wildman–Crippen MR) is 120 cm³/mol. The molecule has 0 unspecified atom stereocenters. The van der Waals surface area contributed by atoms with E-state index in [2.05, 4.69) is 5.10 Å². The van der Waals surface area contributed by atoms with Gasteiger partial charge < -0.3 is 19.2 Å². The smallest absolute Gasteiger partial charge is 0.303 e. The highest BCUT2D eigenvalue weighted by Gasteiger charge is 2.17. The van der Waals surface area contributed by atoms with Crippen LogP contribution in [0.4, 0.5) is 5.69 Å². The number of anilines is 1. The van der Waals surface area contributed by atoms with E-state index in [0.717, 1.165) is 23.4 Å². The van der Waals surface area contributed by atoms with Gasteiger partial charge in [0.25, 0.3) is 0 Å². The number of aliphatic carboxylic acids is 1. The summed E-state index contributed by atoms with van der Waals surface area (Å²) >= 11 is 0. The average Bonchev–Trinajstić information content (AvgIpc) is 3.41. The van der Waals surface area contributed by atoms with Crippen LogP contribution in [0.5, 0.6) is 5.88 Å². The van der Waals surface area contributed by atoms with E-state index in [4.69, 9.17) is 17.0 Å². The number of hydrogen-bond acceptors (Lipinski definition) is 5. The third kappa shape index (κ3) is 6.38. The fourth-order valence-electron chi connectivity index (χ4n) is 3.23. The molecule has 3 aromatic rings. The number of furan rings is 1. The van der Waals surface area contributed by atoms with Gasteiger partial charge in [-0.1, -0.05) is 0 Å². The van der Waals surface area contributed by atoms with E-state index in [1.807, 2.05) is 50.2 Å². The van der Waals surface area contributed by atoms with Crippen LogP contribution >= 0.6 is 0 Å². The number of ether oxygens (including phenoxy) is 1. The number of carbonyl (C=O) groups is 1. The number of carboxylic acid groups (broad SMARTS) is 1. The van der Waals surface area contributed by atoms with Crippen molar-refractivity contribution in [1.82, 2.24) is 9.78 Å². The molecule has 2 aromatic heterocycles. The molecule has 0 aliphatic heterocycles. The normalized spacial score (nSPS) is 12.5. The highest BCUT2D eigenvalue weighted by molar-refractivity contribution is 5.66. The van der Waals surface area contributed by atoms with Gasteiger partial charge in [0.05, 0.1) is 27.7 Å². The summed E-state index contributed by atoms with van der Waals surface area (Å²) in [7, 11) is 1.73. The second-order valence-corrected chi connectivity index (χ2v) is 7.67. The number of rotatable bonds is 12. The van der Waals surface area contributed by atoms with Crippen LogP contribution in [0.3, 0.4) is 0 Å². The first-order valence-electron chi connectivity index (χ1n) is 11.5. The van der Waals surface area contributed by atoms with Crippen molar-refractivity contribution in [2.75, 3.05) is 11.5 Å². The third-order valence-corrected chi connectivity index (χ3v) is 4.78. The van der Waals surface area contributed by atoms with E-state index in [-0.39, 0.29) is 18.3 Å². The number of hydrogen-bond donors (Lipinski definition) is 1. The van der Waals surface area contributed by atoms with Gasteiger partial charge in [0.1, 0.15) is 5.76 Å². The number of aromatic nitrogens is 2. The van der Waals surface area contributed by atoms with Crippen molar-refractivity contribution in [2.24, 2.45) is 7.05 Å². The number of carboxylic acids is 1. The van der Waals surface area contributed by atoms with E-state index >= 15 is 0 Å². The standard InChI is InChI=1S/C24H31N3O4/c1-18(2)27(21-12-10-19(11-13-21)22-8-7-15-30-22)17-20-16-26(3)25-24(20)31-14-6-4-5-9-23(28)29/h7-8,10-13,15-16,18H,4-6,9,14,17H2,1-3H3,(H,28,29)/i17D2. The molecular weight excluding hydrogens is 394 g/mol. The maximum absolute atomic E-state index is 10.6. The van der Waals surface area contributed by atoms with Gasteiger partial charge in [-0.25, -0.2) is 0 Å². The molecule has 0 atom stereocenters. The molecule has 2 heterocycles. The molecule has 0 spiro atoms. The van der Waals surface area contributed by atoms with Crippen LogP contribution in [-0.2, 0) is 18.3 Å². The summed E-state index contributed by atoms with van der Waals surface area (Å²) in [6.45, 7) is 2.35. The Morgan fingerprint density at radius 2 is 2.03 bits per heavy atom. The SMILES string of the molecule is [2H]C([2H])(c1cn(C)nc1OCCCCCC(=O)O)N(c1ccc(-c2ccco2)cc1)C(C)C. The Bertz CT molecular complexity index is 1030. The molecule has 7 nitrogen and oxygen atoms in total. The van der Waals surface area contributed by atoms with Gasteiger partial charge >= 0.3 is 5.97 Å². The zero-order valence-corrected chi connectivity index (χ0v) is 18.2. The maximum atomic E-state index is 10.6. The molecule has 3 rings (SSSR count). The Kier molecular flexibility index (Phi) is 6.81. The quantitative estimate of drug-likeness (QED) is 0.404. The Morgan fingerprint density at radius 1 is 1.26 bits per heavy atom. The first kappa shape index (κ1) is 19.7. The fourth-order valence-corrected chi connectivity index (χ4v) is 3.23. The number of unbranched alkanes of at least 4 members (excludes halogenated alkanes) is 2.